The Morgan fingerprint density at radius 2 is 0.976 bits per heavy atom. The lowest BCUT2D eigenvalue weighted by atomic mass is 9.67. The van der Waals surface area contributed by atoms with Crippen LogP contribution in [-0.4, -0.2) is 15.0 Å². The second-order valence-electron chi connectivity index (χ2n) is 8.68. The number of hydrogen-bond acceptors (Lipinski definition) is 3. The third-order valence-electron chi connectivity index (χ3n) is 6.31. The van der Waals surface area contributed by atoms with Gasteiger partial charge in [0.15, 0.2) is 17.5 Å². The molecule has 0 bridgehead atoms. The summed E-state index contributed by atoms with van der Waals surface area (Å²) in [5.41, 5.74) is -13.6. The third kappa shape index (κ3) is 4.16. The highest BCUT2D eigenvalue weighted by Gasteiger charge is 2.43. The van der Waals surface area contributed by atoms with Crippen LogP contribution in [0.2, 0.25) is 0 Å². The first-order valence-electron chi connectivity index (χ1n) is 27.6. The van der Waals surface area contributed by atoms with Crippen LogP contribution in [0.5, 0.6) is 0 Å². The van der Waals surface area contributed by atoms with E-state index in [1.54, 1.807) is 0 Å². The summed E-state index contributed by atoms with van der Waals surface area (Å²) in [5.74, 6) is -2.85. The van der Waals surface area contributed by atoms with Crippen LogP contribution in [0.15, 0.2) is 127 Å². The van der Waals surface area contributed by atoms with Crippen LogP contribution >= 0.6 is 0 Å². The SMILES string of the molecule is [2H]c1c([2H])c([2H])c(-c2nc(-c3c([2H])c([2H])c([2H])c([2H])c3[2H])nc(-c3c([2H])c([2H])c([2H])c(-c4c([2H])c([2H])c5c(c4[2H])C4(c6c([2H])c([2H])c([2H])c([2H])c6-5)C([2H])([2H])C([2H])([2H])C([2H])([2H])C([2H])([2H])C4([2H])[2H])c3[2H])n2)c([2H])c1[2H]. The van der Waals surface area contributed by atoms with Crippen LogP contribution in [0.25, 0.3) is 56.4 Å². The predicted molar refractivity (Wildman–Crippen MR) is 171 cm³/mol. The maximum atomic E-state index is 9.80. The van der Waals surface area contributed by atoms with E-state index in [-0.39, 0.29) is 0 Å². The molecule has 0 atom stereocenters. The van der Waals surface area contributed by atoms with Crippen molar-refractivity contribution in [2.45, 2.75) is 37.3 Å². The Balaban J connectivity index is 1.58. The molecule has 1 fully saturated rings. The molecule has 8 rings (SSSR count). The van der Waals surface area contributed by atoms with E-state index >= 15 is 0 Å². The highest BCUT2D eigenvalue weighted by atomic mass is 15.0. The summed E-state index contributed by atoms with van der Waals surface area (Å²) in [6, 6.07) is -23.1. The maximum Gasteiger partial charge on any atom is 0.164 e. The van der Waals surface area contributed by atoms with E-state index in [9.17, 15) is 11.0 Å². The lowest BCUT2D eigenvalue weighted by Crippen LogP contribution is -2.28. The van der Waals surface area contributed by atoms with Gasteiger partial charge in [-0.25, -0.2) is 15.0 Å². The topological polar surface area (TPSA) is 38.7 Å². The third-order valence-corrected chi connectivity index (χ3v) is 6.31. The van der Waals surface area contributed by atoms with Gasteiger partial charge in [0.05, 0.1) is 28.8 Å². The van der Waals surface area contributed by atoms with Gasteiger partial charge in [-0.05, 0) is 58.2 Å². The van der Waals surface area contributed by atoms with E-state index in [0.717, 1.165) is 0 Å². The van der Waals surface area contributed by atoms with Crippen molar-refractivity contribution in [2.75, 3.05) is 0 Å². The molecular weight excluding hydrogens is 510 g/mol. The van der Waals surface area contributed by atoms with Gasteiger partial charge >= 0.3 is 0 Å². The Morgan fingerprint density at radius 1 is 0.452 bits per heavy atom. The first kappa shape index (κ1) is 8.58. The minimum Gasteiger partial charge on any atom is -0.208 e. The molecule has 1 aromatic heterocycles. The summed E-state index contributed by atoms with van der Waals surface area (Å²) in [5, 5.41) is 0. The average Bonchev–Trinajstić information content (AvgIpc) is 3.66. The van der Waals surface area contributed by atoms with E-state index in [1.165, 1.54) is 0 Å². The summed E-state index contributed by atoms with van der Waals surface area (Å²) < 4.78 is 275. The number of fused-ring (bicyclic) bond motifs is 5. The Bertz CT molecular complexity index is 3360. The van der Waals surface area contributed by atoms with Gasteiger partial charge in [-0.2, -0.15) is 0 Å². The fourth-order valence-electron chi connectivity index (χ4n) is 4.48. The fraction of sp³-hybridized carbons (Fsp3) is 0.154. The molecule has 0 radical (unpaired) electrons. The Kier molecular flexibility index (Phi) is 2.08. The average molecular weight is 573 g/mol. The van der Waals surface area contributed by atoms with E-state index in [2.05, 4.69) is 15.0 Å². The van der Waals surface area contributed by atoms with Crippen LogP contribution < -0.4 is 0 Å². The van der Waals surface area contributed by atoms with Crippen molar-refractivity contribution in [3.05, 3.63) is 138 Å². The Hall–Kier alpha value is -4.89. The molecule has 3 nitrogen and oxygen atoms in total. The van der Waals surface area contributed by atoms with Gasteiger partial charge in [-0.3, -0.25) is 0 Å². The molecule has 0 aliphatic heterocycles. The molecule has 2 aliphatic carbocycles. The fourth-order valence-corrected chi connectivity index (χ4v) is 4.48. The molecule has 1 heterocycles. The molecule has 6 aromatic rings. The molecule has 42 heavy (non-hydrogen) atoms. The van der Waals surface area contributed by atoms with E-state index < -0.39 is 232 Å². The molecule has 0 N–H and O–H groups in total. The zero-order chi connectivity index (χ0) is 55.2. The normalized spacial score (nSPS) is 31.4. The molecule has 2 aliphatic rings. The van der Waals surface area contributed by atoms with E-state index in [0.29, 0.717) is 0 Å². The van der Waals surface area contributed by atoms with Gasteiger partial charge in [0.1, 0.15) is 0 Å². The first-order valence-corrected chi connectivity index (χ1v) is 12.1. The molecule has 3 heteroatoms. The largest absolute Gasteiger partial charge is 0.208 e. The quantitative estimate of drug-likeness (QED) is 0.211. The number of aromatic nitrogens is 3. The monoisotopic (exact) mass is 572 g/mol. The van der Waals surface area contributed by atoms with Crippen molar-refractivity contribution < 1.29 is 42.5 Å². The summed E-state index contributed by atoms with van der Waals surface area (Å²) in [4.78, 5) is 12.4. The van der Waals surface area contributed by atoms with Gasteiger partial charge in [0.2, 0.25) is 0 Å². The van der Waals surface area contributed by atoms with Gasteiger partial charge in [0.25, 0.3) is 0 Å². The van der Waals surface area contributed by atoms with Gasteiger partial charge in [-0.1, -0.05) is 134 Å². The number of benzene rings is 5. The Morgan fingerprint density at radius 3 is 1.67 bits per heavy atom. The van der Waals surface area contributed by atoms with Crippen molar-refractivity contribution in [2.24, 2.45) is 0 Å². The minimum absolute atomic E-state index is 0.802. The predicted octanol–water partition coefficient (Wildman–Crippen LogP) is 9.77. The molecular formula is C39H31N3. The van der Waals surface area contributed by atoms with Crippen LogP contribution in [0.3, 0.4) is 0 Å². The summed E-state index contributed by atoms with van der Waals surface area (Å²) in [6.07, 6.45) is -21.1. The summed E-state index contributed by atoms with van der Waals surface area (Å²) in [7, 11) is 0. The van der Waals surface area contributed by atoms with Crippen molar-refractivity contribution >= 4 is 0 Å². The standard InChI is InChI=1S/C39H31N3/c1-4-13-27(14-5-1)36-40-37(28-15-6-2-7-16-28)42-38(41-36)31-18-12-17-29(25-31)30-21-22-33-32-19-8-9-20-34(32)39(35(33)26-30)23-10-3-11-24-39/h1-2,4-9,12-22,25-26H,3,10-11,23-24H2/i1D,2D,3D2,4D,5D,6D,7D,8D,9D,10D2,11D2,12D,13D,14D,15D,16D,17D,18D,19D,20D,21D,22D,23D2,24D2,25D,26D. The minimum atomic E-state index is -4.26. The number of nitrogens with zero attached hydrogens (tertiary/aromatic N) is 3. The Labute approximate surface area is 290 Å². The highest BCUT2D eigenvalue weighted by molar-refractivity contribution is 5.84. The molecule has 5 aromatic carbocycles. The zero-order valence-electron chi connectivity index (χ0n) is 51.8. The van der Waals surface area contributed by atoms with Crippen molar-refractivity contribution in [3.63, 3.8) is 0 Å². The van der Waals surface area contributed by atoms with Gasteiger partial charge in [0, 0.05) is 35.8 Å². The molecule has 1 spiro atoms. The second-order valence-corrected chi connectivity index (χ2v) is 8.68. The van der Waals surface area contributed by atoms with Crippen molar-refractivity contribution in [1.29, 1.82) is 0 Å². The molecule has 0 unspecified atom stereocenters. The second kappa shape index (κ2) is 10.2. The smallest absolute Gasteiger partial charge is 0.164 e. The lowest BCUT2D eigenvalue weighted by Gasteiger charge is -2.36. The van der Waals surface area contributed by atoms with Crippen LogP contribution in [0.4, 0.5) is 0 Å². The van der Waals surface area contributed by atoms with Gasteiger partial charge in [-0.15, -0.1) is 0 Å². The molecule has 1 saturated carbocycles. The van der Waals surface area contributed by atoms with Crippen molar-refractivity contribution in [3.8, 4) is 56.4 Å². The van der Waals surface area contributed by atoms with E-state index in [1.807, 2.05) is 0 Å². The highest BCUT2D eigenvalue weighted by Crippen LogP contribution is 2.56. The number of rotatable bonds is 4. The zero-order valence-corrected chi connectivity index (χ0v) is 20.8. The maximum absolute atomic E-state index is 9.80. The summed E-state index contributed by atoms with van der Waals surface area (Å²) in [6.45, 7) is 0. The lowest BCUT2D eigenvalue weighted by molar-refractivity contribution is 0.353. The number of hydrogen-bond donors (Lipinski definition) is 0. The summed E-state index contributed by atoms with van der Waals surface area (Å²) >= 11 is 0. The molecule has 0 saturated heterocycles. The van der Waals surface area contributed by atoms with Crippen LogP contribution in [-0.2, 0) is 5.41 Å². The molecule has 202 valence electrons. The molecule has 0 amide bonds. The van der Waals surface area contributed by atoms with Crippen molar-refractivity contribution in [1.82, 2.24) is 15.0 Å². The van der Waals surface area contributed by atoms with Crippen LogP contribution in [0, 0.1) is 0 Å². The van der Waals surface area contributed by atoms with Gasteiger partial charge < -0.3 is 0 Å². The van der Waals surface area contributed by atoms with E-state index in [4.69, 9.17) is 31.5 Å². The first-order chi connectivity index (χ1) is 33.3. The van der Waals surface area contributed by atoms with Crippen LogP contribution in [0.1, 0.15) is 85.5 Å².